The van der Waals surface area contributed by atoms with Crippen molar-refractivity contribution in [3.63, 3.8) is 0 Å². The van der Waals surface area contributed by atoms with Gasteiger partial charge in [0.1, 0.15) is 0 Å². The topological polar surface area (TPSA) is 117 Å². The van der Waals surface area contributed by atoms with Gasteiger partial charge in [0.15, 0.2) is 11.5 Å². The molecule has 274 valence electrons. The summed E-state index contributed by atoms with van der Waals surface area (Å²) in [5.41, 5.74) is 2.45. The number of hydrogen-bond acceptors (Lipinski definition) is 8. The van der Waals surface area contributed by atoms with E-state index < -0.39 is 46.8 Å². The number of methoxy groups -OCH3 is 1. The SMILES string of the molecule is COc1ccc(C2C3=CCC4C(=O)N(c5ccc(N6CCOCC6)cc5)C(=O)C4C3CC3C(=O)N(c4cccc(Cl)c4)C(=O)C32c2ccccc2)cc1O. The van der Waals surface area contributed by atoms with E-state index in [9.17, 15) is 19.5 Å². The van der Waals surface area contributed by atoms with E-state index in [0.29, 0.717) is 40.7 Å². The third kappa shape index (κ3) is 5.03. The van der Waals surface area contributed by atoms with Crippen LogP contribution < -0.4 is 19.4 Å². The number of aromatic hydroxyl groups is 1. The second-order valence-corrected chi connectivity index (χ2v) is 15.1. The van der Waals surface area contributed by atoms with Crippen molar-refractivity contribution in [2.45, 2.75) is 24.2 Å². The van der Waals surface area contributed by atoms with Crippen LogP contribution in [0, 0.1) is 23.7 Å². The molecule has 4 fully saturated rings. The molecule has 3 aliphatic heterocycles. The maximum atomic E-state index is 15.4. The summed E-state index contributed by atoms with van der Waals surface area (Å²) in [6.07, 6.45) is 2.47. The van der Waals surface area contributed by atoms with Crippen LogP contribution in [0.4, 0.5) is 17.1 Å². The van der Waals surface area contributed by atoms with Gasteiger partial charge in [-0.1, -0.05) is 65.7 Å². The van der Waals surface area contributed by atoms with Gasteiger partial charge in [-0.3, -0.25) is 24.1 Å². The Balaban J connectivity index is 1.18. The van der Waals surface area contributed by atoms with Gasteiger partial charge < -0.3 is 19.5 Å². The number of imide groups is 2. The zero-order chi connectivity index (χ0) is 37.3. The maximum Gasteiger partial charge on any atom is 0.246 e. The van der Waals surface area contributed by atoms with E-state index in [4.69, 9.17) is 21.1 Å². The molecule has 3 saturated heterocycles. The van der Waals surface area contributed by atoms with Crippen LogP contribution in [0.3, 0.4) is 0 Å². The molecule has 1 saturated carbocycles. The Morgan fingerprint density at radius 3 is 2.22 bits per heavy atom. The first-order valence-corrected chi connectivity index (χ1v) is 18.7. The number of nitrogens with zero attached hydrogens (tertiary/aromatic N) is 3. The number of benzene rings is 4. The Bertz CT molecular complexity index is 2220. The Hall–Kier alpha value is -5.45. The lowest BCUT2D eigenvalue weighted by molar-refractivity contribution is -0.127. The summed E-state index contributed by atoms with van der Waals surface area (Å²) in [5.74, 6) is -4.85. The molecule has 4 aromatic carbocycles. The highest BCUT2D eigenvalue weighted by Gasteiger charge is 2.70. The highest BCUT2D eigenvalue weighted by Crippen LogP contribution is 2.65. The van der Waals surface area contributed by atoms with Gasteiger partial charge in [-0.25, -0.2) is 4.90 Å². The molecule has 6 atom stereocenters. The van der Waals surface area contributed by atoms with Crippen molar-refractivity contribution in [3.8, 4) is 11.5 Å². The van der Waals surface area contributed by atoms with Crippen LogP contribution in [0.5, 0.6) is 11.5 Å². The Labute approximate surface area is 317 Å². The lowest BCUT2D eigenvalue weighted by atomic mass is 9.49. The number of fused-ring (bicyclic) bond motifs is 4. The molecular formula is C43H38ClN3O7. The molecule has 2 aliphatic carbocycles. The van der Waals surface area contributed by atoms with Crippen LogP contribution in [0.25, 0.3) is 0 Å². The van der Waals surface area contributed by atoms with E-state index in [1.165, 1.54) is 16.9 Å². The minimum absolute atomic E-state index is 0.117. The maximum absolute atomic E-state index is 15.4. The minimum Gasteiger partial charge on any atom is -0.504 e. The van der Waals surface area contributed by atoms with Gasteiger partial charge in [0, 0.05) is 29.7 Å². The number of morpholine rings is 1. The van der Waals surface area contributed by atoms with Crippen molar-refractivity contribution in [2.75, 3.05) is 48.1 Å². The third-order valence-electron chi connectivity index (χ3n) is 12.2. The summed E-state index contributed by atoms with van der Waals surface area (Å²) in [4.78, 5) is 64.0. The highest BCUT2D eigenvalue weighted by atomic mass is 35.5. The predicted octanol–water partition coefficient (Wildman–Crippen LogP) is 6.26. The van der Waals surface area contributed by atoms with Crippen LogP contribution in [0.1, 0.15) is 29.9 Å². The molecule has 6 unspecified atom stereocenters. The Morgan fingerprint density at radius 2 is 1.52 bits per heavy atom. The van der Waals surface area contributed by atoms with E-state index >= 15 is 4.79 Å². The normalized spacial score (nSPS) is 27.8. The first-order chi connectivity index (χ1) is 26.2. The molecule has 5 aliphatic rings. The fourth-order valence-electron chi connectivity index (χ4n) is 9.89. The van der Waals surface area contributed by atoms with Crippen molar-refractivity contribution in [2.24, 2.45) is 23.7 Å². The number of phenols is 1. The number of rotatable bonds is 6. The molecule has 4 amide bonds. The average Bonchev–Trinajstić information content (AvgIpc) is 3.59. The highest BCUT2D eigenvalue weighted by molar-refractivity contribution is 6.32. The zero-order valence-electron chi connectivity index (χ0n) is 29.6. The second kappa shape index (κ2) is 13.1. The summed E-state index contributed by atoms with van der Waals surface area (Å²) >= 11 is 6.42. The molecule has 1 N–H and O–H groups in total. The molecular weight excluding hydrogens is 706 g/mol. The molecule has 54 heavy (non-hydrogen) atoms. The van der Waals surface area contributed by atoms with Gasteiger partial charge in [-0.15, -0.1) is 0 Å². The van der Waals surface area contributed by atoms with Gasteiger partial charge in [0.05, 0.1) is 54.9 Å². The van der Waals surface area contributed by atoms with Crippen LogP contribution >= 0.6 is 11.6 Å². The molecule has 0 spiro atoms. The molecule has 4 aromatic rings. The molecule has 0 bridgehead atoms. The quantitative estimate of drug-likeness (QED) is 0.182. The molecule has 0 radical (unpaired) electrons. The summed E-state index contributed by atoms with van der Waals surface area (Å²) in [7, 11) is 1.46. The molecule has 10 nitrogen and oxygen atoms in total. The molecule has 3 heterocycles. The lowest BCUT2D eigenvalue weighted by Crippen LogP contribution is -2.53. The predicted molar refractivity (Wildman–Crippen MR) is 203 cm³/mol. The summed E-state index contributed by atoms with van der Waals surface area (Å²) < 4.78 is 10.9. The first kappa shape index (κ1) is 34.3. The molecule has 9 rings (SSSR count). The number of phenolic OH excluding ortho intramolecular Hbond substituents is 1. The minimum atomic E-state index is -1.45. The fourth-order valence-corrected chi connectivity index (χ4v) is 10.1. The van der Waals surface area contributed by atoms with Crippen molar-refractivity contribution >= 4 is 52.3 Å². The fraction of sp³-hybridized carbons (Fsp3) is 0.302. The van der Waals surface area contributed by atoms with E-state index in [2.05, 4.69) is 4.90 Å². The number of amides is 4. The number of carbonyl (C=O) groups excluding carboxylic acids is 4. The average molecular weight is 744 g/mol. The van der Waals surface area contributed by atoms with Gasteiger partial charge in [-0.2, -0.15) is 0 Å². The van der Waals surface area contributed by atoms with E-state index in [0.717, 1.165) is 24.4 Å². The van der Waals surface area contributed by atoms with Crippen LogP contribution in [-0.2, 0) is 29.3 Å². The largest absolute Gasteiger partial charge is 0.504 e. The third-order valence-corrected chi connectivity index (χ3v) is 12.4. The van der Waals surface area contributed by atoms with Crippen LogP contribution in [0.2, 0.25) is 5.02 Å². The van der Waals surface area contributed by atoms with Gasteiger partial charge in [0.2, 0.25) is 23.6 Å². The molecule has 11 heteroatoms. The van der Waals surface area contributed by atoms with E-state index in [1.54, 1.807) is 36.4 Å². The first-order valence-electron chi connectivity index (χ1n) is 18.3. The van der Waals surface area contributed by atoms with Crippen molar-refractivity contribution in [1.82, 2.24) is 0 Å². The Kier molecular flexibility index (Phi) is 8.35. The number of allylic oxidation sites excluding steroid dienone is 2. The van der Waals surface area contributed by atoms with Gasteiger partial charge in [0.25, 0.3) is 0 Å². The summed E-state index contributed by atoms with van der Waals surface area (Å²) in [6.45, 7) is 2.80. The Morgan fingerprint density at radius 1 is 0.778 bits per heavy atom. The van der Waals surface area contributed by atoms with E-state index in [-0.39, 0.29) is 36.2 Å². The number of halogens is 1. The summed E-state index contributed by atoms with van der Waals surface area (Å²) in [5, 5.41) is 11.5. The van der Waals surface area contributed by atoms with Crippen molar-refractivity contribution in [3.05, 3.63) is 125 Å². The number of anilines is 3. The lowest BCUT2D eigenvalue weighted by Gasteiger charge is -2.50. The zero-order valence-corrected chi connectivity index (χ0v) is 30.3. The monoisotopic (exact) mass is 743 g/mol. The van der Waals surface area contributed by atoms with Gasteiger partial charge >= 0.3 is 0 Å². The van der Waals surface area contributed by atoms with Crippen molar-refractivity contribution in [1.29, 1.82) is 0 Å². The van der Waals surface area contributed by atoms with E-state index in [1.807, 2.05) is 66.7 Å². The smallest absolute Gasteiger partial charge is 0.246 e. The second-order valence-electron chi connectivity index (χ2n) is 14.7. The molecule has 0 aromatic heterocycles. The number of ether oxygens (including phenoxy) is 2. The van der Waals surface area contributed by atoms with Crippen LogP contribution in [0.15, 0.2) is 109 Å². The summed E-state index contributed by atoms with van der Waals surface area (Å²) in [6, 6.07) is 28.5. The van der Waals surface area contributed by atoms with Crippen molar-refractivity contribution < 1.29 is 33.8 Å². The number of carbonyl (C=O) groups is 4. The number of hydrogen-bond donors (Lipinski definition) is 1. The van der Waals surface area contributed by atoms with Crippen LogP contribution in [-0.4, -0.2) is 62.1 Å². The van der Waals surface area contributed by atoms with Gasteiger partial charge in [-0.05, 0) is 84.5 Å². The standard InChI is InChI=1S/C43H38ClN3O7/c1-53-36-17-10-25(22-35(36)48)38-31-15-16-32-37(41(51)46(39(32)49)29-13-11-28(12-14-29)45-18-20-54-21-19-45)33(31)24-34-40(50)47(30-9-5-8-27(44)23-30)42(52)43(34,38)26-6-3-2-4-7-26/h2-15,17,22-23,32-34,37-38,48H,16,18-21,24H2,1H3.